The molecule has 0 bridgehead atoms. The summed E-state index contributed by atoms with van der Waals surface area (Å²) in [7, 11) is -1.80. The Bertz CT molecular complexity index is 735. The van der Waals surface area contributed by atoms with Crippen LogP contribution in [0.3, 0.4) is 0 Å². The molecule has 0 radical (unpaired) electrons. The first kappa shape index (κ1) is 14.3. The monoisotopic (exact) mass is 329 g/mol. The summed E-state index contributed by atoms with van der Waals surface area (Å²) in [6, 6.07) is 7.59. The van der Waals surface area contributed by atoms with Crippen molar-refractivity contribution in [1.82, 2.24) is 4.31 Å². The normalized spacial score (nSPS) is 16.1. The molecule has 0 atom stereocenters. The Morgan fingerprint density at radius 2 is 2.05 bits per heavy atom. The lowest BCUT2D eigenvalue weighted by atomic mass is 10.2. The van der Waals surface area contributed by atoms with E-state index in [-0.39, 0.29) is 5.88 Å². The topological polar surface area (TPSA) is 37.4 Å². The van der Waals surface area contributed by atoms with Crippen molar-refractivity contribution in [2.45, 2.75) is 23.6 Å². The second-order valence-corrected chi connectivity index (χ2v) is 8.60. The van der Waals surface area contributed by atoms with Gasteiger partial charge in [0.15, 0.2) is 0 Å². The van der Waals surface area contributed by atoms with Crippen LogP contribution in [0.15, 0.2) is 29.2 Å². The minimum Gasteiger partial charge on any atom is -0.207 e. The number of fused-ring (bicyclic) bond motifs is 1. The van der Waals surface area contributed by atoms with Gasteiger partial charge in [0.05, 0.1) is 5.88 Å². The maximum atomic E-state index is 12.8. The summed E-state index contributed by atoms with van der Waals surface area (Å²) < 4.78 is 28.1. The number of nitrogens with zero attached hydrogens (tertiary/aromatic N) is 1. The second-order valence-electron chi connectivity index (χ2n) is 5.21. The van der Waals surface area contributed by atoms with E-state index < -0.39 is 10.0 Å². The number of hydrogen-bond donors (Lipinski definition) is 0. The molecule has 1 fully saturated rings. The summed E-state index contributed by atoms with van der Waals surface area (Å²) in [5.41, 5.74) is 0. The molecule has 0 N–H and O–H groups in total. The van der Waals surface area contributed by atoms with Crippen LogP contribution in [-0.2, 0) is 15.9 Å². The van der Waals surface area contributed by atoms with Gasteiger partial charge < -0.3 is 0 Å². The van der Waals surface area contributed by atoms with Crippen molar-refractivity contribution in [3.63, 3.8) is 0 Å². The van der Waals surface area contributed by atoms with Crippen molar-refractivity contribution in [3.05, 3.63) is 29.1 Å². The van der Waals surface area contributed by atoms with Gasteiger partial charge in [-0.3, -0.25) is 0 Å². The lowest BCUT2D eigenvalue weighted by Gasteiger charge is -2.17. The molecule has 3 nitrogen and oxygen atoms in total. The van der Waals surface area contributed by atoms with Crippen LogP contribution in [0.5, 0.6) is 0 Å². The zero-order valence-electron chi connectivity index (χ0n) is 11.2. The standard InChI is InChI=1S/C14H16ClNO2S2/c1-16(9-10-6-7-10)20(17,18)14-11-4-2-3-5-12(11)19-13(14)8-15/h2-5,10H,6-9H2,1H3. The van der Waals surface area contributed by atoms with Crippen LogP contribution in [0.2, 0.25) is 0 Å². The van der Waals surface area contributed by atoms with E-state index in [9.17, 15) is 8.42 Å². The van der Waals surface area contributed by atoms with Crippen molar-refractivity contribution in [2.24, 2.45) is 5.92 Å². The zero-order chi connectivity index (χ0) is 14.3. The third-order valence-corrected chi connectivity index (χ3v) is 7.30. The quantitative estimate of drug-likeness (QED) is 0.785. The van der Waals surface area contributed by atoms with Crippen LogP contribution in [0, 0.1) is 5.92 Å². The molecule has 1 saturated carbocycles. The van der Waals surface area contributed by atoms with Crippen molar-refractivity contribution in [3.8, 4) is 0 Å². The molecule has 1 heterocycles. The summed E-state index contributed by atoms with van der Waals surface area (Å²) in [6.07, 6.45) is 2.26. The van der Waals surface area contributed by atoms with Gasteiger partial charge >= 0.3 is 0 Å². The molecule has 20 heavy (non-hydrogen) atoms. The van der Waals surface area contributed by atoms with E-state index in [1.165, 1.54) is 15.6 Å². The molecule has 0 amide bonds. The van der Waals surface area contributed by atoms with Crippen LogP contribution < -0.4 is 0 Å². The predicted molar refractivity (Wildman–Crippen MR) is 83.9 cm³/mol. The lowest BCUT2D eigenvalue weighted by Crippen LogP contribution is -2.29. The maximum Gasteiger partial charge on any atom is 0.244 e. The average Bonchev–Trinajstić information content (AvgIpc) is 3.15. The van der Waals surface area contributed by atoms with E-state index in [4.69, 9.17) is 11.6 Å². The summed E-state index contributed by atoms with van der Waals surface area (Å²) in [5, 5.41) is 0.788. The van der Waals surface area contributed by atoms with Crippen LogP contribution in [0.1, 0.15) is 17.7 Å². The van der Waals surface area contributed by atoms with E-state index in [1.54, 1.807) is 7.05 Å². The molecule has 6 heteroatoms. The number of rotatable bonds is 5. The van der Waals surface area contributed by atoms with E-state index in [0.717, 1.165) is 27.8 Å². The molecule has 0 unspecified atom stereocenters. The fourth-order valence-electron chi connectivity index (χ4n) is 2.36. The van der Waals surface area contributed by atoms with Crippen LogP contribution in [0.4, 0.5) is 0 Å². The number of halogens is 1. The Kier molecular flexibility index (Phi) is 3.79. The predicted octanol–water partition coefficient (Wildman–Crippen LogP) is 3.67. The molecular weight excluding hydrogens is 314 g/mol. The van der Waals surface area contributed by atoms with Crippen LogP contribution >= 0.6 is 22.9 Å². The van der Waals surface area contributed by atoms with Crippen molar-refractivity contribution >= 4 is 43.0 Å². The number of benzene rings is 1. The Hall–Kier alpha value is -0.620. The highest BCUT2D eigenvalue weighted by Crippen LogP contribution is 2.38. The van der Waals surface area contributed by atoms with Gasteiger partial charge in [-0.1, -0.05) is 18.2 Å². The molecular formula is C14H16ClNO2S2. The van der Waals surface area contributed by atoms with Gasteiger partial charge in [0.2, 0.25) is 10.0 Å². The van der Waals surface area contributed by atoms with Gasteiger partial charge in [0, 0.05) is 28.6 Å². The number of thiophene rings is 1. The highest BCUT2D eigenvalue weighted by molar-refractivity contribution is 7.89. The smallest absolute Gasteiger partial charge is 0.207 e. The molecule has 0 spiro atoms. The van der Waals surface area contributed by atoms with Crippen molar-refractivity contribution in [2.75, 3.05) is 13.6 Å². The molecule has 0 saturated heterocycles. The van der Waals surface area contributed by atoms with Crippen molar-refractivity contribution < 1.29 is 8.42 Å². The van der Waals surface area contributed by atoms with Gasteiger partial charge in [-0.25, -0.2) is 12.7 Å². The average molecular weight is 330 g/mol. The molecule has 1 aromatic carbocycles. The third kappa shape index (κ3) is 2.48. The largest absolute Gasteiger partial charge is 0.244 e. The summed E-state index contributed by atoms with van der Waals surface area (Å²) >= 11 is 7.42. The Labute approximate surface area is 128 Å². The fraction of sp³-hybridized carbons (Fsp3) is 0.429. The third-order valence-electron chi connectivity index (χ3n) is 3.62. The summed E-state index contributed by atoms with van der Waals surface area (Å²) in [5.74, 6) is 0.754. The number of hydrogen-bond acceptors (Lipinski definition) is 3. The first-order chi connectivity index (χ1) is 9.54. The number of alkyl halides is 1. The number of sulfonamides is 1. The second kappa shape index (κ2) is 5.30. The van der Waals surface area contributed by atoms with Gasteiger partial charge in [-0.05, 0) is 24.8 Å². The van der Waals surface area contributed by atoms with Crippen LogP contribution in [0.25, 0.3) is 10.1 Å². The SMILES string of the molecule is CN(CC1CC1)S(=O)(=O)c1c(CCl)sc2ccccc12. The first-order valence-electron chi connectivity index (χ1n) is 6.56. The molecule has 2 aromatic rings. The molecule has 1 aromatic heterocycles. The van der Waals surface area contributed by atoms with E-state index in [2.05, 4.69) is 0 Å². The summed E-state index contributed by atoms with van der Waals surface area (Å²) in [6.45, 7) is 0.605. The highest BCUT2D eigenvalue weighted by atomic mass is 35.5. The Balaban J connectivity index is 2.11. The Morgan fingerprint density at radius 3 is 2.70 bits per heavy atom. The van der Waals surface area contributed by atoms with Gasteiger partial charge in [0.1, 0.15) is 4.90 Å². The minimum atomic E-state index is -3.46. The lowest BCUT2D eigenvalue weighted by molar-refractivity contribution is 0.453. The summed E-state index contributed by atoms with van der Waals surface area (Å²) in [4.78, 5) is 1.13. The maximum absolute atomic E-state index is 12.8. The molecule has 3 rings (SSSR count). The van der Waals surface area contributed by atoms with E-state index in [0.29, 0.717) is 17.4 Å². The van der Waals surface area contributed by atoms with Crippen molar-refractivity contribution in [1.29, 1.82) is 0 Å². The van der Waals surface area contributed by atoms with Crippen LogP contribution in [-0.4, -0.2) is 26.3 Å². The van der Waals surface area contributed by atoms with E-state index in [1.807, 2.05) is 24.3 Å². The molecule has 0 aliphatic heterocycles. The van der Waals surface area contributed by atoms with Gasteiger partial charge in [0.25, 0.3) is 0 Å². The molecule has 108 valence electrons. The molecule has 1 aliphatic carbocycles. The minimum absolute atomic E-state index is 0.227. The Morgan fingerprint density at radius 1 is 1.35 bits per heavy atom. The first-order valence-corrected chi connectivity index (χ1v) is 9.36. The zero-order valence-corrected chi connectivity index (χ0v) is 13.6. The van der Waals surface area contributed by atoms with Gasteiger partial charge in [-0.2, -0.15) is 0 Å². The molecule has 1 aliphatic rings. The fourth-order valence-corrected chi connectivity index (χ4v) is 5.73. The van der Waals surface area contributed by atoms with E-state index >= 15 is 0 Å². The van der Waals surface area contributed by atoms with Gasteiger partial charge in [-0.15, -0.1) is 22.9 Å². The highest BCUT2D eigenvalue weighted by Gasteiger charge is 2.32.